The number of hydrogen-bond donors (Lipinski definition) is 4. The van der Waals surface area contributed by atoms with Crippen molar-refractivity contribution in [3.63, 3.8) is 0 Å². The van der Waals surface area contributed by atoms with E-state index < -0.39 is 0 Å². The van der Waals surface area contributed by atoms with Crippen molar-refractivity contribution < 1.29 is 14.9 Å². The molecule has 1 unspecified atom stereocenters. The van der Waals surface area contributed by atoms with Gasteiger partial charge in [0, 0.05) is 31.2 Å². The molecule has 0 spiro atoms. The summed E-state index contributed by atoms with van der Waals surface area (Å²) in [7, 11) is 1.70. The number of fused-ring (bicyclic) bond motifs is 1. The Bertz CT molecular complexity index is 843. The maximum absolute atomic E-state index is 10.2. The average molecular weight is 442 g/mol. The number of hydrazine groups is 1. The molecule has 1 aliphatic carbocycles. The molecule has 176 valence electrons. The minimum Gasteiger partial charge on any atom is -0.504 e. The second kappa shape index (κ2) is 12.6. The number of para-hydroxylation sites is 2. The first-order valence-electron chi connectivity index (χ1n) is 12.0. The van der Waals surface area contributed by atoms with E-state index in [9.17, 15) is 10.2 Å². The van der Waals surface area contributed by atoms with Crippen LogP contribution in [0, 0.1) is 0 Å². The minimum atomic E-state index is -0.0145. The van der Waals surface area contributed by atoms with Gasteiger partial charge in [-0.15, -0.1) is 0 Å². The molecule has 1 aliphatic rings. The van der Waals surface area contributed by atoms with Gasteiger partial charge >= 0.3 is 0 Å². The number of unbranched alkanes of at least 4 members (excludes halogenated alkanes) is 3. The first-order chi connectivity index (χ1) is 15.6. The third-order valence-corrected chi connectivity index (χ3v) is 6.33. The number of rotatable bonds is 13. The van der Waals surface area contributed by atoms with Crippen LogP contribution < -0.4 is 15.5 Å². The summed E-state index contributed by atoms with van der Waals surface area (Å²) in [6, 6.07) is 12.0. The fourth-order valence-corrected chi connectivity index (χ4v) is 4.49. The van der Waals surface area contributed by atoms with Crippen LogP contribution in [0.3, 0.4) is 0 Å². The highest BCUT2D eigenvalue weighted by atomic mass is 16.5. The van der Waals surface area contributed by atoms with E-state index in [0.29, 0.717) is 6.04 Å². The molecule has 0 heterocycles. The number of anilines is 1. The van der Waals surface area contributed by atoms with Gasteiger partial charge in [-0.3, -0.25) is 5.43 Å². The number of phenolic OH excluding ortho intramolecular Hbond substituents is 2. The third-order valence-electron chi connectivity index (χ3n) is 6.33. The monoisotopic (exact) mass is 441 g/mol. The Morgan fingerprint density at radius 2 is 1.88 bits per heavy atom. The summed E-state index contributed by atoms with van der Waals surface area (Å²) >= 11 is 0. The fraction of sp³-hybridized carbons (Fsp3) is 0.538. The van der Waals surface area contributed by atoms with Crippen molar-refractivity contribution >= 4 is 5.69 Å². The maximum atomic E-state index is 10.2. The Hall–Kier alpha value is -2.44. The number of ether oxygens (including phenoxy) is 1. The molecule has 6 heteroatoms. The molecular formula is C26H39N3O3. The van der Waals surface area contributed by atoms with E-state index in [1.165, 1.54) is 25.7 Å². The lowest BCUT2D eigenvalue weighted by molar-refractivity contribution is 0.108. The standard InChI is InChI=1S/C26H39N3O3/c1-3-4-5-8-18-29(21-13-14-22-20(19-21)12-15-24(30)26(22)31)28-17-9-16-27-23-10-6-7-11-25(23)32-2/h6-7,10-12,15,21,27-28,30-31H,3-5,8-9,13-14,16-19H2,1-2H3. The maximum Gasteiger partial charge on any atom is 0.160 e. The van der Waals surface area contributed by atoms with Crippen molar-refractivity contribution in [2.75, 3.05) is 32.1 Å². The largest absolute Gasteiger partial charge is 0.504 e. The molecule has 0 bridgehead atoms. The zero-order valence-electron chi connectivity index (χ0n) is 19.6. The molecule has 3 rings (SSSR count). The van der Waals surface area contributed by atoms with Crippen LogP contribution in [0.4, 0.5) is 5.69 Å². The van der Waals surface area contributed by atoms with E-state index in [0.717, 1.165) is 67.9 Å². The van der Waals surface area contributed by atoms with Gasteiger partial charge in [0.05, 0.1) is 12.8 Å². The van der Waals surface area contributed by atoms with Crippen LogP contribution in [0.5, 0.6) is 17.2 Å². The Labute approximate surface area is 192 Å². The highest BCUT2D eigenvalue weighted by Crippen LogP contribution is 2.36. The third kappa shape index (κ3) is 6.53. The molecule has 1 atom stereocenters. The number of aromatic hydroxyl groups is 2. The van der Waals surface area contributed by atoms with Crippen LogP contribution in [-0.4, -0.2) is 48.0 Å². The predicted molar refractivity (Wildman–Crippen MR) is 131 cm³/mol. The zero-order chi connectivity index (χ0) is 22.8. The predicted octanol–water partition coefficient (Wildman–Crippen LogP) is 4.85. The molecule has 0 fully saturated rings. The van der Waals surface area contributed by atoms with Gasteiger partial charge in [-0.05, 0) is 55.9 Å². The summed E-state index contributed by atoms with van der Waals surface area (Å²) in [5.41, 5.74) is 6.77. The van der Waals surface area contributed by atoms with Crippen LogP contribution in [0.25, 0.3) is 0 Å². The van der Waals surface area contributed by atoms with Crippen LogP contribution in [-0.2, 0) is 12.8 Å². The van der Waals surface area contributed by atoms with E-state index in [1.54, 1.807) is 13.2 Å². The van der Waals surface area contributed by atoms with Crippen LogP contribution >= 0.6 is 0 Å². The summed E-state index contributed by atoms with van der Waals surface area (Å²) in [5, 5.41) is 25.9. The van der Waals surface area contributed by atoms with E-state index in [-0.39, 0.29) is 11.5 Å². The van der Waals surface area contributed by atoms with Crippen molar-refractivity contribution in [1.82, 2.24) is 10.4 Å². The first-order valence-corrected chi connectivity index (χ1v) is 12.0. The van der Waals surface area contributed by atoms with Crippen molar-refractivity contribution in [2.24, 2.45) is 0 Å². The molecule has 0 saturated heterocycles. The Morgan fingerprint density at radius 1 is 1.03 bits per heavy atom. The summed E-state index contributed by atoms with van der Waals surface area (Å²) in [5.74, 6) is 0.915. The number of nitrogens with one attached hydrogen (secondary N) is 2. The summed E-state index contributed by atoms with van der Waals surface area (Å²) in [4.78, 5) is 0. The Balaban J connectivity index is 1.52. The van der Waals surface area contributed by atoms with Crippen molar-refractivity contribution in [2.45, 2.75) is 64.3 Å². The van der Waals surface area contributed by atoms with Gasteiger partial charge in [0.15, 0.2) is 11.5 Å². The smallest absolute Gasteiger partial charge is 0.160 e. The van der Waals surface area contributed by atoms with Gasteiger partial charge in [0.1, 0.15) is 5.75 Å². The van der Waals surface area contributed by atoms with E-state index in [4.69, 9.17) is 4.74 Å². The molecule has 0 amide bonds. The summed E-state index contributed by atoms with van der Waals surface area (Å²) in [6.07, 6.45) is 8.61. The number of phenols is 2. The van der Waals surface area contributed by atoms with Gasteiger partial charge in [0.25, 0.3) is 0 Å². The zero-order valence-corrected chi connectivity index (χ0v) is 19.6. The van der Waals surface area contributed by atoms with Crippen LogP contribution in [0.1, 0.15) is 56.6 Å². The Kier molecular flexibility index (Phi) is 9.50. The lowest BCUT2D eigenvalue weighted by atomic mass is 9.87. The highest BCUT2D eigenvalue weighted by molar-refractivity contribution is 5.56. The summed E-state index contributed by atoms with van der Waals surface area (Å²) < 4.78 is 5.41. The molecule has 0 saturated carbocycles. The molecule has 0 aromatic heterocycles. The molecule has 0 radical (unpaired) electrons. The van der Waals surface area contributed by atoms with Gasteiger partial charge in [0.2, 0.25) is 0 Å². The second-order valence-corrected chi connectivity index (χ2v) is 8.61. The van der Waals surface area contributed by atoms with Crippen molar-refractivity contribution in [3.8, 4) is 17.2 Å². The quantitative estimate of drug-likeness (QED) is 0.202. The van der Waals surface area contributed by atoms with E-state index in [2.05, 4.69) is 22.7 Å². The van der Waals surface area contributed by atoms with E-state index >= 15 is 0 Å². The molecular weight excluding hydrogens is 402 g/mol. The van der Waals surface area contributed by atoms with Crippen LogP contribution in [0.2, 0.25) is 0 Å². The lowest BCUT2D eigenvalue weighted by Crippen LogP contribution is -2.49. The highest BCUT2D eigenvalue weighted by Gasteiger charge is 2.26. The Morgan fingerprint density at radius 3 is 2.69 bits per heavy atom. The van der Waals surface area contributed by atoms with Gasteiger partial charge < -0.3 is 20.3 Å². The van der Waals surface area contributed by atoms with Crippen LogP contribution in [0.15, 0.2) is 36.4 Å². The minimum absolute atomic E-state index is 0.0145. The second-order valence-electron chi connectivity index (χ2n) is 8.61. The number of benzene rings is 2. The summed E-state index contributed by atoms with van der Waals surface area (Å²) in [6.45, 7) is 5.05. The SMILES string of the molecule is CCCCCCN(NCCCNc1ccccc1OC)C1CCc2c(ccc(O)c2O)C1. The number of nitrogens with zero attached hydrogens (tertiary/aromatic N) is 1. The van der Waals surface area contributed by atoms with Gasteiger partial charge in [-0.1, -0.05) is 44.4 Å². The molecule has 4 N–H and O–H groups in total. The van der Waals surface area contributed by atoms with E-state index in [1.807, 2.05) is 30.3 Å². The van der Waals surface area contributed by atoms with Gasteiger partial charge in [-0.2, -0.15) is 0 Å². The van der Waals surface area contributed by atoms with Crippen molar-refractivity contribution in [1.29, 1.82) is 0 Å². The van der Waals surface area contributed by atoms with Crippen molar-refractivity contribution in [3.05, 3.63) is 47.5 Å². The number of hydrogen-bond acceptors (Lipinski definition) is 6. The molecule has 0 aliphatic heterocycles. The van der Waals surface area contributed by atoms with Gasteiger partial charge in [-0.25, -0.2) is 5.01 Å². The molecule has 2 aromatic rings. The number of methoxy groups -OCH3 is 1. The first kappa shape index (κ1) is 24.2. The molecule has 6 nitrogen and oxygen atoms in total. The topological polar surface area (TPSA) is 77.0 Å². The fourth-order valence-electron chi connectivity index (χ4n) is 4.49. The average Bonchev–Trinajstić information content (AvgIpc) is 2.82. The molecule has 2 aromatic carbocycles. The molecule has 32 heavy (non-hydrogen) atoms. The normalized spacial score (nSPS) is 15.5. The lowest BCUT2D eigenvalue weighted by Gasteiger charge is -2.36.